The molecule has 0 spiro atoms. The molecular weight excluding hydrogens is 418 g/mol. The minimum Gasteiger partial charge on any atom is -0.486 e. The maximum Gasteiger partial charge on any atom is 0.268 e. The second kappa shape index (κ2) is 7.66. The van der Waals surface area contributed by atoms with Crippen LogP contribution in [0.25, 0.3) is 10.2 Å². The molecule has 2 aromatic carbocycles. The van der Waals surface area contributed by atoms with E-state index >= 15 is 0 Å². The zero-order chi connectivity index (χ0) is 21.5. The van der Waals surface area contributed by atoms with E-state index in [1.54, 1.807) is 24.3 Å². The van der Waals surface area contributed by atoms with Crippen LogP contribution < -0.4 is 14.3 Å². The van der Waals surface area contributed by atoms with Gasteiger partial charge in [-0.3, -0.25) is 19.3 Å². The molecule has 1 aromatic heterocycles. The largest absolute Gasteiger partial charge is 0.486 e. The molecule has 3 aromatic rings. The van der Waals surface area contributed by atoms with E-state index in [-0.39, 0.29) is 0 Å². The van der Waals surface area contributed by atoms with Gasteiger partial charge < -0.3 is 14.0 Å². The van der Waals surface area contributed by atoms with Crippen LogP contribution in [-0.2, 0) is 11.3 Å². The molecule has 2 aliphatic rings. The summed E-state index contributed by atoms with van der Waals surface area (Å²) in [6.45, 7) is 3.30. The fourth-order valence-corrected chi connectivity index (χ4v) is 4.88. The SMILES string of the molecule is CCCn1c(=NC(=O)CN2C(=O)c3ccccc3C2=O)sc2cc3c(cc21)OCCO3. The van der Waals surface area contributed by atoms with Crippen molar-refractivity contribution in [3.63, 3.8) is 0 Å². The van der Waals surface area contributed by atoms with Crippen LogP contribution in [0.15, 0.2) is 41.4 Å². The number of carbonyl (C=O) groups excluding carboxylic acids is 3. The topological polar surface area (TPSA) is 90.2 Å². The van der Waals surface area contributed by atoms with Crippen molar-refractivity contribution >= 4 is 39.3 Å². The fraction of sp³-hybridized carbons (Fsp3) is 0.273. The molecule has 0 unspecified atom stereocenters. The third kappa shape index (κ3) is 3.31. The Bertz CT molecular complexity index is 1270. The molecule has 31 heavy (non-hydrogen) atoms. The van der Waals surface area contributed by atoms with Crippen LogP contribution in [0, 0.1) is 0 Å². The highest BCUT2D eigenvalue weighted by atomic mass is 32.1. The highest BCUT2D eigenvalue weighted by Gasteiger charge is 2.36. The van der Waals surface area contributed by atoms with E-state index in [4.69, 9.17) is 9.47 Å². The first-order valence-electron chi connectivity index (χ1n) is 10.0. The summed E-state index contributed by atoms with van der Waals surface area (Å²) < 4.78 is 14.2. The molecule has 0 saturated carbocycles. The van der Waals surface area contributed by atoms with Crippen molar-refractivity contribution in [3.8, 4) is 11.5 Å². The first-order valence-corrected chi connectivity index (χ1v) is 10.8. The highest BCUT2D eigenvalue weighted by molar-refractivity contribution is 7.16. The number of rotatable bonds is 4. The molecule has 0 aliphatic carbocycles. The lowest BCUT2D eigenvalue weighted by molar-refractivity contribution is -0.118. The second-order valence-corrected chi connectivity index (χ2v) is 8.26. The zero-order valence-corrected chi connectivity index (χ0v) is 17.6. The lowest BCUT2D eigenvalue weighted by Crippen LogP contribution is -2.35. The van der Waals surface area contributed by atoms with Gasteiger partial charge in [0.2, 0.25) is 0 Å². The van der Waals surface area contributed by atoms with E-state index in [2.05, 4.69) is 4.99 Å². The molecule has 3 amide bonds. The van der Waals surface area contributed by atoms with Crippen molar-refractivity contribution < 1.29 is 23.9 Å². The summed E-state index contributed by atoms with van der Waals surface area (Å²) in [7, 11) is 0. The Morgan fingerprint density at radius 1 is 1.06 bits per heavy atom. The molecule has 8 nitrogen and oxygen atoms in total. The van der Waals surface area contributed by atoms with Gasteiger partial charge in [-0.05, 0) is 18.6 Å². The molecular formula is C22H19N3O5S. The number of benzene rings is 2. The molecule has 0 atom stereocenters. The first kappa shape index (κ1) is 19.5. The Kier molecular flexibility index (Phi) is 4.82. The Morgan fingerprint density at radius 2 is 1.71 bits per heavy atom. The van der Waals surface area contributed by atoms with Crippen molar-refractivity contribution in [2.45, 2.75) is 19.9 Å². The van der Waals surface area contributed by atoms with Crippen LogP contribution >= 0.6 is 11.3 Å². The van der Waals surface area contributed by atoms with Crippen molar-refractivity contribution in [1.29, 1.82) is 0 Å². The minimum absolute atomic E-state index is 0.314. The van der Waals surface area contributed by atoms with Crippen LogP contribution in [0.1, 0.15) is 34.1 Å². The van der Waals surface area contributed by atoms with Gasteiger partial charge in [-0.15, -0.1) is 0 Å². The zero-order valence-electron chi connectivity index (χ0n) is 16.8. The van der Waals surface area contributed by atoms with Gasteiger partial charge in [-0.25, -0.2) is 0 Å². The van der Waals surface area contributed by atoms with Gasteiger partial charge in [0.25, 0.3) is 17.7 Å². The van der Waals surface area contributed by atoms with Gasteiger partial charge in [0, 0.05) is 18.7 Å². The van der Waals surface area contributed by atoms with Gasteiger partial charge in [-0.1, -0.05) is 30.4 Å². The summed E-state index contributed by atoms with van der Waals surface area (Å²) in [4.78, 5) is 43.5. The van der Waals surface area contributed by atoms with Gasteiger partial charge in [0.1, 0.15) is 19.8 Å². The Morgan fingerprint density at radius 3 is 2.35 bits per heavy atom. The number of carbonyl (C=O) groups is 3. The van der Waals surface area contributed by atoms with Crippen LogP contribution in [0.2, 0.25) is 0 Å². The van der Waals surface area contributed by atoms with E-state index in [1.165, 1.54) is 11.3 Å². The van der Waals surface area contributed by atoms with Gasteiger partial charge in [0.15, 0.2) is 16.3 Å². The average Bonchev–Trinajstić information content (AvgIpc) is 3.22. The van der Waals surface area contributed by atoms with Crippen molar-refractivity contribution in [2.75, 3.05) is 19.8 Å². The molecule has 9 heteroatoms. The smallest absolute Gasteiger partial charge is 0.268 e. The number of ether oxygens (including phenoxy) is 2. The summed E-state index contributed by atoms with van der Waals surface area (Å²) in [5.74, 6) is -0.145. The molecule has 0 saturated heterocycles. The molecule has 3 heterocycles. The highest BCUT2D eigenvalue weighted by Crippen LogP contribution is 2.35. The summed E-state index contributed by atoms with van der Waals surface area (Å²) in [5, 5.41) is 0. The number of hydrogen-bond acceptors (Lipinski definition) is 6. The monoisotopic (exact) mass is 437 g/mol. The average molecular weight is 437 g/mol. The number of aryl methyl sites for hydroxylation is 1. The van der Waals surface area contributed by atoms with E-state index in [1.807, 2.05) is 23.6 Å². The van der Waals surface area contributed by atoms with Crippen molar-refractivity contribution in [1.82, 2.24) is 9.47 Å². The van der Waals surface area contributed by atoms with E-state index in [0.29, 0.717) is 47.2 Å². The molecule has 0 radical (unpaired) electrons. The summed E-state index contributed by atoms with van der Waals surface area (Å²) >= 11 is 1.36. The predicted octanol–water partition coefficient (Wildman–Crippen LogP) is 2.61. The molecule has 158 valence electrons. The molecule has 0 fully saturated rings. The Balaban J connectivity index is 1.49. The number of fused-ring (bicyclic) bond motifs is 3. The molecule has 2 aliphatic heterocycles. The quantitative estimate of drug-likeness (QED) is 0.586. The Labute approximate surface area is 181 Å². The minimum atomic E-state index is -0.553. The van der Waals surface area contributed by atoms with Gasteiger partial charge >= 0.3 is 0 Å². The maximum atomic E-state index is 12.7. The number of amides is 3. The number of nitrogens with zero attached hydrogens (tertiary/aromatic N) is 3. The fourth-order valence-electron chi connectivity index (χ4n) is 3.79. The number of thiazole rings is 1. The van der Waals surface area contributed by atoms with Crippen molar-refractivity contribution in [2.24, 2.45) is 4.99 Å². The molecule has 0 bridgehead atoms. The maximum absolute atomic E-state index is 12.7. The third-order valence-electron chi connectivity index (χ3n) is 5.19. The number of aromatic nitrogens is 1. The number of imide groups is 1. The number of hydrogen-bond donors (Lipinski definition) is 0. The normalized spacial score (nSPS) is 15.6. The van der Waals surface area contributed by atoms with E-state index < -0.39 is 24.3 Å². The van der Waals surface area contributed by atoms with Crippen LogP contribution in [-0.4, -0.2) is 46.9 Å². The summed E-state index contributed by atoms with van der Waals surface area (Å²) in [6.07, 6.45) is 0.847. The molecule has 5 rings (SSSR count). The third-order valence-corrected chi connectivity index (χ3v) is 6.23. The lowest BCUT2D eigenvalue weighted by Gasteiger charge is -2.18. The standard InChI is InChI=1S/C22H19N3O5S/c1-2-7-24-15-10-16-17(30-9-8-29-16)11-18(15)31-22(24)23-19(26)12-25-20(27)13-5-3-4-6-14(13)21(25)28/h3-6,10-11H,2,7-9,12H2,1H3. The van der Waals surface area contributed by atoms with E-state index in [0.717, 1.165) is 21.5 Å². The van der Waals surface area contributed by atoms with Crippen LogP contribution in [0.5, 0.6) is 11.5 Å². The molecule has 0 N–H and O–H groups in total. The first-order chi connectivity index (χ1) is 15.1. The summed E-state index contributed by atoms with van der Waals surface area (Å²) in [6, 6.07) is 10.4. The lowest BCUT2D eigenvalue weighted by atomic mass is 10.1. The van der Waals surface area contributed by atoms with Crippen LogP contribution in [0.4, 0.5) is 0 Å². The predicted molar refractivity (Wildman–Crippen MR) is 113 cm³/mol. The van der Waals surface area contributed by atoms with Gasteiger partial charge in [-0.2, -0.15) is 4.99 Å². The van der Waals surface area contributed by atoms with Gasteiger partial charge in [0.05, 0.1) is 21.3 Å². The Hall–Kier alpha value is -3.46. The van der Waals surface area contributed by atoms with E-state index in [9.17, 15) is 14.4 Å². The van der Waals surface area contributed by atoms with Crippen LogP contribution in [0.3, 0.4) is 0 Å². The van der Waals surface area contributed by atoms with Crippen molar-refractivity contribution in [3.05, 3.63) is 52.3 Å². The summed E-state index contributed by atoms with van der Waals surface area (Å²) in [5.41, 5.74) is 1.53. The second-order valence-electron chi connectivity index (χ2n) is 7.25.